The summed E-state index contributed by atoms with van der Waals surface area (Å²) in [5.41, 5.74) is -1.16. The second-order valence-corrected chi connectivity index (χ2v) is 4.49. The predicted molar refractivity (Wildman–Crippen MR) is 72.3 cm³/mol. The number of aliphatic hydroxyl groups is 2. The van der Waals surface area contributed by atoms with Crippen molar-refractivity contribution < 1.29 is 49.8 Å². The summed E-state index contributed by atoms with van der Waals surface area (Å²) in [4.78, 5) is 39.6. The molecule has 0 aromatic carbocycles. The number of hydrogen-bond donors (Lipinski definition) is 6. The monoisotopic (exact) mass is 326 g/mol. The average molecular weight is 326 g/mol. The van der Waals surface area contributed by atoms with E-state index in [1.54, 1.807) is 0 Å². The fraction of sp³-hybridized carbons (Fsp3) is 0.667. The van der Waals surface area contributed by atoms with E-state index in [0.29, 0.717) is 0 Å². The largest absolute Gasteiger partial charge is 0.481 e. The summed E-state index contributed by atoms with van der Waals surface area (Å²) in [6.07, 6.45) is -0.938. The van der Waals surface area contributed by atoms with Crippen LogP contribution in [0.25, 0.3) is 0 Å². The SMILES string of the molecule is CC(C)(CC(=O)O)C(=O)O.O=C(O)CCC(=O)O.OCCO. The Hall–Kier alpha value is -2.20. The minimum absolute atomic E-state index is 0.125. The quantitative estimate of drug-likeness (QED) is 0.355. The zero-order chi connectivity index (χ0) is 18.3. The third-order valence-corrected chi connectivity index (χ3v) is 1.82. The van der Waals surface area contributed by atoms with Gasteiger partial charge in [0.2, 0.25) is 0 Å². The summed E-state index contributed by atoms with van der Waals surface area (Å²) in [6.45, 7) is 2.51. The van der Waals surface area contributed by atoms with Crippen molar-refractivity contribution in [1.82, 2.24) is 0 Å². The Balaban J connectivity index is -0.000000269. The van der Waals surface area contributed by atoms with Crippen molar-refractivity contribution in [3.05, 3.63) is 0 Å². The zero-order valence-electron chi connectivity index (χ0n) is 12.4. The van der Waals surface area contributed by atoms with E-state index in [-0.39, 0.29) is 32.5 Å². The van der Waals surface area contributed by atoms with E-state index in [1.165, 1.54) is 13.8 Å². The highest BCUT2D eigenvalue weighted by molar-refractivity contribution is 5.80. The van der Waals surface area contributed by atoms with Crippen molar-refractivity contribution in [3.8, 4) is 0 Å². The molecule has 0 amide bonds. The number of carboxylic acid groups (broad SMARTS) is 4. The first-order valence-corrected chi connectivity index (χ1v) is 6.01. The maximum Gasteiger partial charge on any atom is 0.309 e. The van der Waals surface area contributed by atoms with Crippen LogP contribution >= 0.6 is 0 Å². The van der Waals surface area contributed by atoms with E-state index in [4.69, 9.17) is 30.6 Å². The lowest BCUT2D eigenvalue weighted by atomic mass is 9.90. The number of rotatable bonds is 7. The molecule has 0 saturated carbocycles. The lowest BCUT2D eigenvalue weighted by Gasteiger charge is -2.14. The molecule has 22 heavy (non-hydrogen) atoms. The van der Waals surface area contributed by atoms with Gasteiger partial charge in [0.15, 0.2) is 0 Å². The van der Waals surface area contributed by atoms with Crippen LogP contribution in [0, 0.1) is 5.41 Å². The standard InChI is InChI=1S/C6H10O4.C4H6O4.C2H6O2/c1-6(2,5(9)10)3-4(7)8;5-3(6)1-2-4(7)8;3-1-2-4/h3H2,1-2H3,(H,7,8)(H,9,10);1-2H2,(H,5,6)(H,7,8);3-4H,1-2H2. The summed E-state index contributed by atoms with van der Waals surface area (Å²) < 4.78 is 0. The van der Waals surface area contributed by atoms with Gasteiger partial charge in [0.1, 0.15) is 0 Å². The maximum absolute atomic E-state index is 10.3. The summed E-state index contributed by atoms with van der Waals surface area (Å²) in [6, 6.07) is 0. The molecule has 6 N–H and O–H groups in total. The van der Waals surface area contributed by atoms with Gasteiger partial charge in [0, 0.05) is 0 Å². The van der Waals surface area contributed by atoms with Crippen LogP contribution in [-0.4, -0.2) is 67.7 Å². The minimum atomic E-state index is -1.16. The van der Waals surface area contributed by atoms with Crippen LogP contribution in [0.5, 0.6) is 0 Å². The van der Waals surface area contributed by atoms with Crippen molar-refractivity contribution in [1.29, 1.82) is 0 Å². The molecule has 0 aromatic rings. The molecule has 10 nitrogen and oxygen atoms in total. The highest BCUT2D eigenvalue weighted by atomic mass is 16.4. The fourth-order valence-electron chi connectivity index (χ4n) is 0.668. The average Bonchev–Trinajstić information content (AvgIpc) is 2.35. The molecule has 0 unspecified atom stereocenters. The molecule has 0 spiro atoms. The van der Waals surface area contributed by atoms with Crippen LogP contribution in [0.1, 0.15) is 33.1 Å². The molecular formula is C12H22O10. The number of aliphatic hydroxyl groups excluding tert-OH is 2. The molecule has 0 heterocycles. The molecule has 0 saturated heterocycles. The number of aliphatic carboxylic acids is 4. The molecule has 0 aliphatic carbocycles. The Morgan fingerprint density at radius 2 is 1.05 bits per heavy atom. The van der Waals surface area contributed by atoms with E-state index in [2.05, 4.69) is 0 Å². The second-order valence-electron chi connectivity index (χ2n) is 4.49. The molecule has 0 atom stereocenters. The fourth-order valence-corrected chi connectivity index (χ4v) is 0.668. The van der Waals surface area contributed by atoms with E-state index < -0.39 is 29.3 Å². The normalized spacial score (nSPS) is 9.45. The lowest BCUT2D eigenvalue weighted by Crippen LogP contribution is -2.26. The van der Waals surface area contributed by atoms with Crippen molar-refractivity contribution in [2.24, 2.45) is 5.41 Å². The van der Waals surface area contributed by atoms with Gasteiger partial charge in [-0.05, 0) is 13.8 Å². The Bertz CT molecular complexity index is 345. The predicted octanol–water partition coefficient (Wildman–Crippen LogP) is -0.521. The first-order chi connectivity index (χ1) is 9.90. The Morgan fingerprint density at radius 1 is 0.727 bits per heavy atom. The first kappa shape index (κ1) is 24.8. The summed E-state index contributed by atoms with van der Waals surface area (Å²) >= 11 is 0. The third-order valence-electron chi connectivity index (χ3n) is 1.82. The minimum Gasteiger partial charge on any atom is -0.481 e. The molecule has 130 valence electrons. The summed E-state index contributed by atoms with van der Waals surface area (Å²) in [7, 11) is 0. The first-order valence-electron chi connectivity index (χ1n) is 6.01. The van der Waals surface area contributed by atoms with Crippen molar-refractivity contribution in [2.45, 2.75) is 33.1 Å². The number of hydrogen-bond acceptors (Lipinski definition) is 6. The van der Waals surface area contributed by atoms with Crippen molar-refractivity contribution >= 4 is 23.9 Å². The highest BCUT2D eigenvalue weighted by Crippen LogP contribution is 2.19. The van der Waals surface area contributed by atoms with E-state index >= 15 is 0 Å². The molecule has 0 bridgehead atoms. The van der Waals surface area contributed by atoms with E-state index in [1.807, 2.05) is 0 Å². The second kappa shape index (κ2) is 13.8. The van der Waals surface area contributed by atoms with Crippen LogP contribution in [0.3, 0.4) is 0 Å². The van der Waals surface area contributed by atoms with Gasteiger partial charge in [-0.3, -0.25) is 19.2 Å². The molecule has 0 radical (unpaired) electrons. The molecule has 10 heteroatoms. The third kappa shape index (κ3) is 22.9. The van der Waals surface area contributed by atoms with Gasteiger partial charge in [0.05, 0.1) is 37.9 Å². The van der Waals surface area contributed by atoms with Gasteiger partial charge in [0.25, 0.3) is 0 Å². The van der Waals surface area contributed by atoms with Gasteiger partial charge < -0.3 is 30.6 Å². The molecule has 0 aliphatic heterocycles. The topological polar surface area (TPSA) is 190 Å². The Morgan fingerprint density at radius 3 is 1.14 bits per heavy atom. The summed E-state index contributed by atoms with van der Waals surface area (Å²) in [5.74, 6) is -4.33. The van der Waals surface area contributed by atoms with Gasteiger partial charge in [-0.25, -0.2) is 0 Å². The summed E-state index contributed by atoms with van der Waals surface area (Å²) in [5, 5.41) is 47.7. The van der Waals surface area contributed by atoms with E-state index in [0.717, 1.165) is 0 Å². The van der Waals surface area contributed by atoms with Gasteiger partial charge in [-0.2, -0.15) is 0 Å². The molecule has 0 rings (SSSR count). The maximum atomic E-state index is 10.3. The Kier molecular flexibility index (Phi) is 15.5. The lowest BCUT2D eigenvalue weighted by molar-refractivity contribution is -0.153. The number of carboxylic acids is 4. The Labute approximate surface area is 126 Å². The van der Waals surface area contributed by atoms with Crippen LogP contribution in [0.15, 0.2) is 0 Å². The van der Waals surface area contributed by atoms with Gasteiger partial charge in [-0.15, -0.1) is 0 Å². The van der Waals surface area contributed by atoms with Crippen molar-refractivity contribution in [2.75, 3.05) is 13.2 Å². The van der Waals surface area contributed by atoms with Crippen LogP contribution in [0.2, 0.25) is 0 Å². The molecule has 0 aliphatic rings. The highest BCUT2D eigenvalue weighted by Gasteiger charge is 2.29. The van der Waals surface area contributed by atoms with E-state index in [9.17, 15) is 19.2 Å². The van der Waals surface area contributed by atoms with Crippen molar-refractivity contribution in [3.63, 3.8) is 0 Å². The van der Waals surface area contributed by atoms with Crippen LogP contribution in [0.4, 0.5) is 0 Å². The molecular weight excluding hydrogens is 304 g/mol. The number of carbonyl (C=O) groups is 4. The molecule has 0 fully saturated rings. The van der Waals surface area contributed by atoms with Crippen LogP contribution in [-0.2, 0) is 19.2 Å². The molecule has 0 aromatic heterocycles. The zero-order valence-corrected chi connectivity index (χ0v) is 12.4. The smallest absolute Gasteiger partial charge is 0.309 e. The van der Waals surface area contributed by atoms with Gasteiger partial charge >= 0.3 is 23.9 Å². The van der Waals surface area contributed by atoms with Gasteiger partial charge in [-0.1, -0.05) is 0 Å². The van der Waals surface area contributed by atoms with Crippen LogP contribution < -0.4 is 0 Å².